The molecular weight excluding hydrogens is 374 g/mol. The molecule has 2 rings (SSSR count). The molecule has 0 spiro atoms. The molecule has 9 heteroatoms. The van der Waals surface area contributed by atoms with Gasteiger partial charge in [-0.2, -0.15) is 5.26 Å². The van der Waals surface area contributed by atoms with Crippen molar-refractivity contribution in [3.05, 3.63) is 62.7 Å². The lowest BCUT2D eigenvalue weighted by Crippen LogP contribution is -2.13. The molecule has 0 fully saturated rings. The Morgan fingerprint density at radius 3 is 2.63 bits per heavy atom. The zero-order valence-electron chi connectivity index (χ0n) is 14.1. The van der Waals surface area contributed by atoms with Crippen LogP contribution >= 0.6 is 11.6 Å². The lowest BCUT2D eigenvalue weighted by Gasteiger charge is -2.08. The van der Waals surface area contributed by atoms with E-state index in [1.54, 1.807) is 37.3 Å². The highest BCUT2D eigenvalue weighted by molar-refractivity contribution is 6.30. The van der Waals surface area contributed by atoms with Gasteiger partial charge in [0.05, 0.1) is 11.5 Å². The molecule has 2 aromatic rings. The first-order chi connectivity index (χ1) is 12.8. The monoisotopic (exact) mass is 387 g/mol. The number of hydrogen-bond acceptors (Lipinski definition) is 6. The molecule has 1 amide bonds. The van der Waals surface area contributed by atoms with E-state index in [1.165, 1.54) is 12.1 Å². The van der Waals surface area contributed by atoms with Crippen LogP contribution in [0.4, 0.5) is 11.4 Å². The summed E-state index contributed by atoms with van der Waals surface area (Å²) in [6.07, 6.45) is 1.17. The summed E-state index contributed by atoms with van der Waals surface area (Å²) in [5, 5.41) is 33.3. The molecule has 0 radical (unpaired) electrons. The Morgan fingerprint density at radius 1 is 1.41 bits per heavy atom. The molecule has 0 aliphatic carbocycles. The standard InChI is InChI=1S/C18H14ClN3O5/c1-2-27-16-9-11(8-15(17(16)23)22(25)26)7-12(10-20)18(24)21-14-5-3-13(19)4-6-14/h3-9,23H,2H2,1H3,(H,21,24)/b12-7+. The summed E-state index contributed by atoms with van der Waals surface area (Å²) in [6, 6.07) is 10.4. The Kier molecular flexibility index (Phi) is 6.36. The number of carbonyl (C=O) groups is 1. The highest BCUT2D eigenvalue weighted by atomic mass is 35.5. The summed E-state index contributed by atoms with van der Waals surface area (Å²) < 4.78 is 5.17. The van der Waals surface area contributed by atoms with Crippen molar-refractivity contribution < 1.29 is 19.6 Å². The van der Waals surface area contributed by atoms with Crippen LogP contribution in [0.15, 0.2) is 42.0 Å². The third-order valence-electron chi connectivity index (χ3n) is 3.35. The molecule has 0 aliphatic heterocycles. The van der Waals surface area contributed by atoms with Crippen LogP contribution in [-0.2, 0) is 4.79 Å². The number of anilines is 1. The lowest BCUT2D eigenvalue weighted by atomic mass is 10.1. The second-order valence-electron chi connectivity index (χ2n) is 5.21. The van der Waals surface area contributed by atoms with E-state index in [0.29, 0.717) is 10.7 Å². The molecule has 0 heterocycles. The maximum absolute atomic E-state index is 12.3. The third-order valence-corrected chi connectivity index (χ3v) is 3.60. The first-order valence-electron chi connectivity index (χ1n) is 7.68. The van der Waals surface area contributed by atoms with Gasteiger partial charge in [0, 0.05) is 16.8 Å². The Bertz CT molecular complexity index is 949. The van der Waals surface area contributed by atoms with E-state index < -0.39 is 22.3 Å². The third kappa shape index (κ3) is 4.96. The number of ether oxygens (including phenoxy) is 1. The minimum absolute atomic E-state index is 0.117. The second kappa shape index (κ2) is 8.69. The van der Waals surface area contributed by atoms with Gasteiger partial charge < -0.3 is 15.2 Å². The van der Waals surface area contributed by atoms with E-state index in [4.69, 9.17) is 16.3 Å². The fourth-order valence-electron chi connectivity index (χ4n) is 2.15. The molecule has 0 aromatic heterocycles. The van der Waals surface area contributed by atoms with Crippen molar-refractivity contribution in [2.24, 2.45) is 0 Å². The zero-order valence-corrected chi connectivity index (χ0v) is 14.9. The van der Waals surface area contributed by atoms with Crippen LogP contribution in [0.25, 0.3) is 6.08 Å². The molecular formula is C18H14ClN3O5. The van der Waals surface area contributed by atoms with Crippen molar-refractivity contribution in [3.63, 3.8) is 0 Å². The summed E-state index contributed by atoms with van der Waals surface area (Å²) in [7, 11) is 0. The quantitative estimate of drug-likeness (QED) is 0.335. The number of amides is 1. The van der Waals surface area contributed by atoms with Gasteiger partial charge in [-0.1, -0.05) is 11.6 Å². The highest BCUT2D eigenvalue weighted by Gasteiger charge is 2.20. The van der Waals surface area contributed by atoms with Gasteiger partial charge in [0.2, 0.25) is 5.75 Å². The highest BCUT2D eigenvalue weighted by Crippen LogP contribution is 2.37. The van der Waals surface area contributed by atoms with Crippen molar-refractivity contribution in [2.45, 2.75) is 6.92 Å². The topological polar surface area (TPSA) is 125 Å². The van der Waals surface area contributed by atoms with Gasteiger partial charge in [-0.15, -0.1) is 0 Å². The van der Waals surface area contributed by atoms with Crippen LogP contribution in [0, 0.1) is 21.4 Å². The number of benzene rings is 2. The first-order valence-corrected chi connectivity index (χ1v) is 8.06. The Labute approximate surface area is 159 Å². The number of nitrogens with zero attached hydrogens (tertiary/aromatic N) is 2. The molecule has 8 nitrogen and oxygen atoms in total. The maximum atomic E-state index is 12.3. The van der Waals surface area contributed by atoms with Gasteiger partial charge in [-0.05, 0) is 48.9 Å². The number of phenolic OH excluding ortho intramolecular Hbond substituents is 1. The number of nitro groups is 1. The van der Waals surface area contributed by atoms with E-state index in [9.17, 15) is 25.3 Å². The second-order valence-corrected chi connectivity index (χ2v) is 5.64. The van der Waals surface area contributed by atoms with Crippen LogP contribution in [-0.4, -0.2) is 22.5 Å². The van der Waals surface area contributed by atoms with Gasteiger partial charge in [0.1, 0.15) is 11.6 Å². The van der Waals surface area contributed by atoms with Gasteiger partial charge in [-0.3, -0.25) is 14.9 Å². The first kappa shape index (κ1) is 19.8. The number of nitro benzene ring substituents is 1. The summed E-state index contributed by atoms with van der Waals surface area (Å²) >= 11 is 5.78. The molecule has 138 valence electrons. The van der Waals surface area contributed by atoms with E-state index >= 15 is 0 Å². The van der Waals surface area contributed by atoms with E-state index in [1.807, 2.05) is 0 Å². The van der Waals surface area contributed by atoms with E-state index in [2.05, 4.69) is 5.32 Å². The average Bonchev–Trinajstić information content (AvgIpc) is 2.63. The predicted octanol–water partition coefficient (Wildman–Crippen LogP) is 3.90. The zero-order chi connectivity index (χ0) is 20.0. The van der Waals surface area contributed by atoms with Crippen molar-refractivity contribution in [1.82, 2.24) is 0 Å². The Hall–Kier alpha value is -3.57. The molecule has 27 heavy (non-hydrogen) atoms. The number of halogens is 1. The molecule has 0 bridgehead atoms. The SMILES string of the molecule is CCOc1cc(/C=C(\C#N)C(=O)Nc2ccc(Cl)cc2)cc([N+](=O)[O-])c1O. The summed E-state index contributed by atoms with van der Waals surface area (Å²) in [6.45, 7) is 1.81. The summed E-state index contributed by atoms with van der Waals surface area (Å²) in [5.74, 6) is -1.44. The van der Waals surface area contributed by atoms with E-state index in [-0.39, 0.29) is 23.5 Å². The fourth-order valence-corrected chi connectivity index (χ4v) is 2.27. The van der Waals surface area contributed by atoms with E-state index in [0.717, 1.165) is 6.07 Å². The molecule has 0 saturated heterocycles. The predicted molar refractivity (Wildman–Crippen MR) is 99.6 cm³/mol. The number of nitriles is 1. The number of carbonyl (C=O) groups excluding carboxylic acids is 1. The van der Waals surface area contributed by atoms with Crippen molar-refractivity contribution >= 4 is 35.0 Å². The van der Waals surface area contributed by atoms with Gasteiger partial charge in [-0.25, -0.2) is 0 Å². The van der Waals surface area contributed by atoms with Crippen LogP contribution in [0.3, 0.4) is 0 Å². The largest absolute Gasteiger partial charge is 0.500 e. The van der Waals surface area contributed by atoms with Gasteiger partial charge >= 0.3 is 5.69 Å². The summed E-state index contributed by atoms with van der Waals surface area (Å²) in [5.41, 5.74) is -0.294. The number of phenols is 1. The Morgan fingerprint density at radius 2 is 2.07 bits per heavy atom. The number of nitrogens with one attached hydrogen (secondary N) is 1. The van der Waals surface area contributed by atoms with Crippen LogP contribution < -0.4 is 10.1 Å². The molecule has 2 aromatic carbocycles. The molecule has 0 aliphatic rings. The van der Waals surface area contributed by atoms with Crippen LogP contribution in [0.2, 0.25) is 5.02 Å². The number of hydrogen-bond donors (Lipinski definition) is 2. The summed E-state index contributed by atoms with van der Waals surface area (Å²) in [4.78, 5) is 22.6. The fraction of sp³-hybridized carbons (Fsp3) is 0.111. The van der Waals surface area contributed by atoms with Crippen molar-refractivity contribution in [2.75, 3.05) is 11.9 Å². The van der Waals surface area contributed by atoms with Crippen LogP contribution in [0.5, 0.6) is 11.5 Å². The van der Waals surface area contributed by atoms with Crippen molar-refractivity contribution in [1.29, 1.82) is 5.26 Å². The molecule has 0 unspecified atom stereocenters. The van der Waals surface area contributed by atoms with Crippen molar-refractivity contribution in [3.8, 4) is 17.6 Å². The maximum Gasteiger partial charge on any atom is 0.315 e. The normalized spacial score (nSPS) is 10.8. The lowest BCUT2D eigenvalue weighted by molar-refractivity contribution is -0.386. The number of rotatable bonds is 6. The van der Waals surface area contributed by atoms with Gasteiger partial charge in [0.25, 0.3) is 5.91 Å². The molecule has 0 saturated carbocycles. The minimum atomic E-state index is -0.783. The van der Waals surface area contributed by atoms with Gasteiger partial charge in [0.15, 0.2) is 5.75 Å². The minimum Gasteiger partial charge on any atom is -0.500 e. The Balaban J connectivity index is 2.38. The number of aromatic hydroxyl groups is 1. The molecule has 2 N–H and O–H groups in total. The van der Waals surface area contributed by atoms with Crippen LogP contribution in [0.1, 0.15) is 12.5 Å². The smallest absolute Gasteiger partial charge is 0.315 e. The molecule has 0 atom stereocenters. The average molecular weight is 388 g/mol.